The van der Waals surface area contributed by atoms with Crippen LogP contribution in [0.3, 0.4) is 0 Å². The third-order valence-electron chi connectivity index (χ3n) is 4.45. The number of hydrogen-bond donors (Lipinski definition) is 3. The van der Waals surface area contributed by atoms with Crippen LogP contribution >= 0.6 is 0 Å². The Morgan fingerprint density at radius 2 is 2.29 bits per heavy atom. The molecule has 0 bridgehead atoms. The molecule has 2 aromatic heterocycles. The highest BCUT2D eigenvalue weighted by Crippen LogP contribution is 2.44. The Morgan fingerprint density at radius 1 is 1.52 bits per heavy atom. The van der Waals surface area contributed by atoms with Crippen molar-refractivity contribution >= 4 is 16.9 Å². The molecule has 7 heteroatoms. The second-order valence-electron chi connectivity index (χ2n) is 5.86. The van der Waals surface area contributed by atoms with Crippen LogP contribution in [0.2, 0.25) is 0 Å². The van der Waals surface area contributed by atoms with Gasteiger partial charge in [-0.1, -0.05) is 0 Å². The SMILES string of the molecule is COC[C@H]1C[C@@H](n2cnc3c(N)ccnc32)[C@](C)(O)[C@@H]1O. The van der Waals surface area contributed by atoms with Gasteiger partial charge in [-0.15, -0.1) is 0 Å². The van der Waals surface area contributed by atoms with Gasteiger partial charge in [-0.2, -0.15) is 0 Å². The summed E-state index contributed by atoms with van der Waals surface area (Å²) < 4.78 is 6.93. The monoisotopic (exact) mass is 292 g/mol. The number of ether oxygens (including phenoxy) is 1. The van der Waals surface area contributed by atoms with Crippen molar-refractivity contribution in [2.75, 3.05) is 19.5 Å². The van der Waals surface area contributed by atoms with Crippen molar-refractivity contribution in [2.24, 2.45) is 5.92 Å². The Morgan fingerprint density at radius 3 is 3.00 bits per heavy atom. The van der Waals surface area contributed by atoms with Crippen molar-refractivity contribution in [3.8, 4) is 0 Å². The summed E-state index contributed by atoms with van der Waals surface area (Å²) in [6.45, 7) is 2.03. The van der Waals surface area contributed by atoms with Crippen LogP contribution in [0.5, 0.6) is 0 Å². The average Bonchev–Trinajstić information content (AvgIpc) is 2.95. The Balaban J connectivity index is 2.04. The first kappa shape index (κ1) is 14.2. The predicted molar refractivity (Wildman–Crippen MR) is 77.6 cm³/mol. The van der Waals surface area contributed by atoms with Gasteiger partial charge in [-0.3, -0.25) is 0 Å². The molecule has 0 amide bonds. The van der Waals surface area contributed by atoms with Gasteiger partial charge in [-0.25, -0.2) is 9.97 Å². The molecule has 1 aliphatic carbocycles. The summed E-state index contributed by atoms with van der Waals surface area (Å²) in [5, 5.41) is 21.0. The largest absolute Gasteiger partial charge is 0.397 e. The molecule has 0 saturated heterocycles. The first-order valence-corrected chi connectivity index (χ1v) is 6.93. The minimum Gasteiger partial charge on any atom is -0.397 e. The van der Waals surface area contributed by atoms with E-state index < -0.39 is 11.7 Å². The minimum atomic E-state index is -1.27. The lowest BCUT2D eigenvalue weighted by Crippen LogP contribution is -2.42. The number of aliphatic hydroxyl groups excluding tert-OH is 1. The van der Waals surface area contributed by atoms with Crippen molar-refractivity contribution in [2.45, 2.75) is 31.1 Å². The molecule has 114 valence electrons. The fraction of sp³-hybridized carbons (Fsp3) is 0.571. The van der Waals surface area contributed by atoms with Crippen molar-refractivity contribution < 1.29 is 14.9 Å². The first-order valence-electron chi connectivity index (χ1n) is 6.93. The highest BCUT2D eigenvalue weighted by molar-refractivity contribution is 5.83. The molecule has 0 radical (unpaired) electrons. The van der Waals surface area contributed by atoms with E-state index >= 15 is 0 Å². The zero-order chi connectivity index (χ0) is 15.2. The number of nitrogens with two attached hydrogens (primary N) is 1. The standard InChI is InChI=1S/C14H20N4O3/c1-14(20)10(5-8(6-21-2)12(14)19)18-7-17-11-9(15)3-4-16-13(11)18/h3-4,7-8,10,12,19-20H,5-6H2,1-2H3,(H2,15,16)/t8-,10-,12-,14+/m1/s1. The molecule has 3 rings (SSSR count). The molecule has 2 heterocycles. The number of nitrogen functional groups attached to an aromatic ring is 1. The zero-order valence-electron chi connectivity index (χ0n) is 12.1. The second-order valence-corrected chi connectivity index (χ2v) is 5.86. The topological polar surface area (TPSA) is 106 Å². The molecule has 0 aliphatic heterocycles. The van der Waals surface area contributed by atoms with E-state index in [1.54, 1.807) is 37.2 Å². The molecule has 7 nitrogen and oxygen atoms in total. The normalized spacial score (nSPS) is 32.9. The Bertz CT molecular complexity index is 655. The highest BCUT2D eigenvalue weighted by Gasteiger charge is 2.51. The quantitative estimate of drug-likeness (QED) is 0.753. The number of imidazole rings is 1. The highest BCUT2D eigenvalue weighted by atomic mass is 16.5. The number of pyridine rings is 1. The van der Waals surface area contributed by atoms with Gasteiger partial charge in [0.2, 0.25) is 0 Å². The maximum absolute atomic E-state index is 10.7. The summed E-state index contributed by atoms with van der Waals surface area (Å²) in [4.78, 5) is 8.58. The number of rotatable bonds is 3. The Labute approximate surface area is 122 Å². The lowest BCUT2D eigenvalue weighted by molar-refractivity contribution is -0.0795. The van der Waals surface area contributed by atoms with Gasteiger partial charge in [0.05, 0.1) is 30.8 Å². The molecule has 4 atom stereocenters. The van der Waals surface area contributed by atoms with Gasteiger partial charge >= 0.3 is 0 Å². The van der Waals surface area contributed by atoms with Crippen LogP contribution in [0.25, 0.3) is 11.2 Å². The molecule has 1 aliphatic rings. The van der Waals surface area contributed by atoms with Crippen molar-refractivity contribution in [3.05, 3.63) is 18.6 Å². The van der Waals surface area contributed by atoms with Crippen LogP contribution in [0.1, 0.15) is 19.4 Å². The number of aromatic nitrogens is 3. The molecular weight excluding hydrogens is 272 g/mol. The average molecular weight is 292 g/mol. The fourth-order valence-electron chi connectivity index (χ4n) is 3.28. The number of fused-ring (bicyclic) bond motifs is 1. The molecule has 21 heavy (non-hydrogen) atoms. The Kier molecular flexibility index (Phi) is 3.35. The smallest absolute Gasteiger partial charge is 0.162 e. The summed E-state index contributed by atoms with van der Waals surface area (Å²) in [6.07, 6.45) is 2.96. The van der Waals surface area contributed by atoms with E-state index in [-0.39, 0.29) is 12.0 Å². The van der Waals surface area contributed by atoms with Gasteiger partial charge in [0.25, 0.3) is 0 Å². The molecule has 0 aromatic carbocycles. The zero-order valence-corrected chi connectivity index (χ0v) is 12.1. The van der Waals surface area contributed by atoms with E-state index in [0.29, 0.717) is 29.9 Å². The minimum absolute atomic E-state index is 0.131. The molecule has 0 spiro atoms. The lowest BCUT2D eigenvalue weighted by atomic mass is 9.96. The van der Waals surface area contributed by atoms with E-state index in [2.05, 4.69) is 9.97 Å². The summed E-state index contributed by atoms with van der Waals surface area (Å²) in [5.41, 5.74) is 6.39. The third-order valence-corrected chi connectivity index (χ3v) is 4.45. The van der Waals surface area contributed by atoms with Crippen LogP contribution in [-0.2, 0) is 4.74 Å². The fourth-order valence-corrected chi connectivity index (χ4v) is 3.28. The van der Waals surface area contributed by atoms with Crippen molar-refractivity contribution in [3.63, 3.8) is 0 Å². The predicted octanol–water partition coefficient (Wildman–Crippen LogP) is 0.333. The number of nitrogens with zero attached hydrogens (tertiary/aromatic N) is 3. The van der Waals surface area contributed by atoms with E-state index in [1.165, 1.54) is 0 Å². The second kappa shape index (κ2) is 4.94. The van der Waals surface area contributed by atoms with E-state index in [0.717, 1.165) is 0 Å². The maximum atomic E-state index is 10.7. The summed E-state index contributed by atoms with van der Waals surface area (Å²) in [7, 11) is 1.59. The number of hydrogen-bond acceptors (Lipinski definition) is 6. The Hall–Kier alpha value is -1.70. The molecule has 1 fully saturated rings. The number of methoxy groups -OCH3 is 1. The van der Waals surface area contributed by atoms with Crippen molar-refractivity contribution in [1.82, 2.24) is 14.5 Å². The number of anilines is 1. The summed E-state index contributed by atoms with van der Waals surface area (Å²) >= 11 is 0. The van der Waals surface area contributed by atoms with E-state index in [4.69, 9.17) is 10.5 Å². The van der Waals surface area contributed by atoms with Gasteiger partial charge in [-0.05, 0) is 19.4 Å². The van der Waals surface area contributed by atoms with Gasteiger partial charge in [0, 0.05) is 19.2 Å². The summed E-state index contributed by atoms with van der Waals surface area (Å²) in [5.74, 6) is -0.131. The van der Waals surface area contributed by atoms with E-state index in [1.807, 2.05) is 0 Å². The van der Waals surface area contributed by atoms with E-state index in [9.17, 15) is 10.2 Å². The van der Waals surface area contributed by atoms with Crippen LogP contribution in [0.15, 0.2) is 18.6 Å². The van der Waals surface area contributed by atoms with Crippen LogP contribution in [0, 0.1) is 5.92 Å². The van der Waals surface area contributed by atoms with Gasteiger partial charge in [0.15, 0.2) is 5.65 Å². The van der Waals surface area contributed by atoms with Crippen LogP contribution in [-0.4, -0.2) is 50.2 Å². The molecule has 4 N–H and O–H groups in total. The van der Waals surface area contributed by atoms with Crippen molar-refractivity contribution in [1.29, 1.82) is 0 Å². The summed E-state index contributed by atoms with van der Waals surface area (Å²) in [6, 6.07) is 1.36. The van der Waals surface area contributed by atoms with Gasteiger partial charge in [0.1, 0.15) is 11.1 Å². The molecular formula is C14H20N4O3. The molecule has 1 saturated carbocycles. The molecule has 0 unspecified atom stereocenters. The first-order chi connectivity index (χ1) is 9.96. The third kappa shape index (κ3) is 2.08. The number of aliphatic hydroxyl groups is 2. The maximum Gasteiger partial charge on any atom is 0.162 e. The molecule has 2 aromatic rings. The van der Waals surface area contributed by atoms with Crippen LogP contribution < -0.4 is 5.73 Å². The lowest BCUT2D eigenvalue weighted by Gasteiger charge is -2.30. The van der Waals surface area contributed by atoms with Crippen LogP contribution in [0.4, 0.5) is 5.69 Å². The van der Waals surface area contributed by atoms with Gasteiger partial charge < -0.3 is 25.3 Å².